The molecule has 0 saturated carbocycles. The predicted molar refractivity (Wildman–Crippen MR) is 123 cm³/mol. The van der Waals surface area contributed by atoms with Gasteiger partial charge in [-0.3, -0.25) is 4.57 Å². The summed E-state index contributed by atoms with van der Waals surface area (Å²) in [6.45, 7) is 7.85. The lowest BCUT2D eigenvalue weighted by Gasteiger charge is -2.35. The van der Waals surface area contributed by atoms with Crippen LogP contribution in [0, 0.1) is 12.7 Å². The van der Waals surface area contributed by atoms with Gasteiger partial charge in [0.25, 0.3) is 0 Å². The topological polar surface area (TPSA) is 81.8 Å². The van der Waals surface area contributed by atoms with E-state index in [2.05, 4.69) is 15.5 Å². The van der Waals surface area contributed by atoms with Crippen molar-refractivity contribution >= 4 is 26.6 Å². The van der Waals surface area contributed by atoms with Crippen LogP contribution in [0.25, 0.3) is 27.7 Å². The number of fused-ring (bicyclic) bond motifs is 4. The van der Waals surface area contributed by atoms with Gasteiger partial charge in [-0.05, 0) is 55.7 Å². The molecule has 166 valence electrons. The molecule has 3 heterocycles. The van der Waals surface area contributed by atoms with Crippen LogP contribution in [0.5, 0.6) is 0 Å². The van der Waals surface area contributed by atoms with E-state index in [9.17, 15) is 8.42 Å². The summed E-state index contributed by atoms with van der Waals surface area (Å²) in [7, 11) is -3.46. The van der Waals surface area contributed by atoms with Crippen molar-refractivity contribution in [3.05, 3.63) is 59.6 Å². The van der Waals surface area contributed by atoms with Crippen LogP contribution >= 0.6 is 0 Å². The third-order valence-electron chi connectivity index (χ3n) is 6.12. The summed E-state index contributed by atoms with van der Waals surface area (Å²) < 4.78 is 43.1. The fourth-order valence-electron chi connectivity index (χ4n) is 4.63. The first kappa shape index (κ1) is 20.7. The fraction of sp³-hybridized carbons (Fsp3) is 0.304. The predicted octanol–water partition coefficient (Wildman–Crippen LogP) is 4.37. The fourth-order valence-corrected chi connectivity index (χ4v) is 5.43. The minimum absolute atomic E-state index is 0.380. The molecule has 1 aliphatic heterocycles. The molecular weight excluding hydrogens is 429 g/mol. The molecule has 7 nitrogen and oxygen atoms in total. The van der Waals surface area contributed by atoms with Gasteiger partial charge < -0.3 is 5.32 Å². The minimum atomic E-state index is -3.46. The quantitative estimate of drug-likeness (QED) is 0.498. The molecule has 1 aliphatic rings. The standard InChI is InChI=1S/C23H24FN5O2S/c1-6-19-26-27-22-23(3,4)25-20-17(24)12-16(13(2)21(20)29(19)22)14-8-7-9-18-15(14)10-11-28(18)32(5,30)31/h7-12,25H,6H2,1-5H3. The van der Waals surface area contributed by atoms with Gasteiger partial charge in [0.2, 0.25) is 10.0 Å². The van der Waals surface area contributed by atoms with Crippen molar-refractivity contribution in [2.45, 2.75) is 39.7 Å². The molecule has 4 aromatic rings. The maximum absolute atomic E-state index is 15.6. The number of benzene rings is 2. The Bertz CT molecular complexity index is 1520. The zero-order valence-corrected chi connectivity index (χ0v) is 19.4. The van der Waals surface area contributed by atoms with Crippen molar-refractivity contribution in [2.24, 2.45) is 0 Å². The Kier molecular flexibility index (Phi) is 4.30. The average molecular weight is 454 g/mol. The number of halogens is 1. The Hall–Kier alpha value is -3.20. The van der Waals surface area contributed by atoms with E-state index in [4.69, 9.17) is 0 Å². The van der Waals surface area contributed by atoms with E-state index in [0.717, 1.165) is 34.4 Å². The molecule has 9 heteroatoms. The molecule has 1 N–H and O–H groups in total. The summed E-state index contributed by atoms with van der Waals surface area (Å²) in [5.41, 5.74) is 3.40. The Morgan fingerprint density at radius 1 is 1.16 bits per heavy atom. The molecule has 0 bridgehead atoms. The van der Waals surface area contributed by atoms with Crippen LogP contribution in [0.2, 0.25) is 0 Å². The number of nitrogens with zero attached hydrogens (tertiary/aromatic N) is 4. The smallest absolute Gasteiger partial charge is 0.236 e. The largest absolute Gasteiger partial charge is 0.369 e. The lowest BCUT2D eigenvalue weighted by molar-refractivity contribution is 0.521. The van der Waals surface area contributed by atoms with Gasteiger partial charge in [-0.15, -0.1) is 10.2 Å². The van der Waals surface area contributed by atoms with Gasteiger partial charge in [-0.2, -0.15) is 0 Å². The summed E-state index contributed by atoms with van der Waals surface area (Å²) in [4.78, 5) is 0. The highest BCUT2D eigenvalue weighted by atomic mass is 32.2. The summed E-state index contributed by atoms with van der Waals surface area (Å²) in [6.07, 6.45) is 3.35. The van der Waals surface area contributed by atoms with Gasteiger partial charge in [0.1, 0.15) is 11.6 Å². The normalized spacial score (nSPS) is 14.8. The van der Waals surface area contributed by atoms with Crippen LogP contribution < -0.4 is 5.32 Å². The van der Waals surface area contributed by atoms with Gasteiger partial charge in [0, 0.05) is 18.0 Å². The Morgan fingerprint density at radius 3 is 2.59 bits per heavy atom. The van der Waals surface area contributed by atoms with E-state index in [-0.39, 0.29) is 5.82 Å². The van der Waals surface area contributed by atoms with Gasteiger partial charge in [0.05, 0.1) is 28.7 Å². The SMILES string of the molecule is CCc1nnc2n1-c1c(C)c(-c3cccc4c3ccn4S(C)(=O)=O)cc(F)c1NC2(C)C. The zero-order chi connectivity index (χ0) is 23.0. The third-order valence-corrected chi connectivity index (χ3v) is 7.15. The van der Waals surface area contributed by atoms with Crippen molar-refractivity contribution in [3.8, 4) is 16.8 Å². The van der Waals surface area contributed by atoms with E-state index in [1.54, 1.807) is 18.2 Å². The van der Waals surface area contributed by atoms with E-state index in [1.807, 2.05) is 38.3 Å². The molecule has 32 heavy (non-hydrogen) atoms. The minimum Gasteiger partial charge on any atom is -0.369 e. The highest BCUT2D eigenvalue weighted by Gasteiger charge is 2.37. The highest BCUT2D eigenvalue weighted by molar-refractivity contribution is 7.89. The van der Waals surface area contributed by atoms with E-state index in [0.29, 0.717) is 28.9 Å². The number of aromatic nitrogens is 4. The molecule has 0 atom stereocenters. The van der Waals surface area contributed by atoms with Crippen molar-refractivity contribution < 1.29 is 12.8 Å². The molecule has 0 saturated heterocycles. The maximum Gasteiger partial charge on any atom is 0.236 e. The van der Waals surface area contributed by atoms with Gasteiger partial charge in [-0.25, -0.2) is 16.8 Å². The van der Waals surface area contributed by atoms with Gasteiger partial charge >= 0.3 is 0 Å². The van der Waals surface area contributed by atoms with Crippen molar-refractivity contribution in [3.63, 3.8) is 0 Å². The average Bonchev–Trinajstić information content (AvgIpc) is 3.35. The van der Waals surface area contributed by atoms with E-state index < -0.39 is 15.6 Å². The molecule has 2 aromatic heterocycles. The second kappa shape index (κ2) is 6.65. The first-order chi connectivity index (χ1) is 15.0. The maximum atomic E-state index is 15.6. The number of rotatable bonds is 3. The number of nitrogens with one attached hydrogen (secondary N) is 1. The van der Waals surface area contributed by atoms with Crippen LogP contribution in [0.4, 0.5) is 10.1 Å². The monoisotopic (exact) mass is 453 g/mol. The van der Waals surface area contributed by atoms with Crippen LogP contribution in [0.15, 0.2) is 36.5 Å². The molecule has 0 amide bonds. The van der Waals surface area contributed by atoms with E-state index in [1.165, 1.54) is 16.2 Å². The molecule has 5 rings (SSSR count). The van der Waals surface area contributed by atoms with Crippen LogP contribution in [0.1, 0.15) is 38.0 Å². The summed E-state index contributed by atoms with van der Waals surface area (Å²) in [5.74, 6) is 1.11. The molecule has 0 spiro atoms. The molecule has 0 fully saturated rings. The Labute approximate surface area is 185 Å². The van der Waals surface area contributed by atoms with Crippen molar-refractivity contribution in [1.29, 1.82) is 0 Å². The van der Waals surface area contributed by atoms with Crippen LogP contribution in [0.3, 0.4) is 0 Å². The Morgan fingerprint density at radius 2 is 1.91 bits per heavy atom. The van der Waals surface area contributed by atoms with Crippen molar-refractivity contribution in [1.82, 2.24) is 18.7 Å². The number of hydrogen-bond donors (Lipinski definition) is 1. The summed E-state index contributed by atoms with van der Waals surface area (Å²) in [6, 6.07) is 8.70. The molecular formula is C23H24FN5O2S. The van der Waals surface area contributed by atoms with Gasteiger partial charge in [0.15, 0.2) is 5.82 Å². The molecule has 0 unspecified atom stereocenters. The summed E-state index contributed by atoms with van der Waals surface area (Å²) in [5, 5.41) is 12.8. The summed E-state index contributed by atoms with van der Waals surface area (Å²) >= 11 is 0. The van der Waals surface area contributed by atoms with Crippen LogP contribution in [-0.2, 0) is 22.0 Å². The van der Waals surface area contributed by atoms with Gasteiger partial charge in [-0.1, -0.05) is 19.1 Å². The van der Waals surface area contributed by atoms with Crippen molar-refractivity contribution in [2.75, 3.05) is 11.6 Å². The number of anilines is 1. The second-order valence-electron chi connectivity index (χ2n) is 8.75. The molecule has 0 radical (unpaired) electrons. The first-order valence-corrected chi connectivity index (χ1v) is 12.3. The van der Waals surface area contributed by atoms with E-state index >= 15 is 4.39 Å². The first-order valence-electron chi connectivity index (χ1n) is 10.4. The highest BCUT2D eigenvalue weighted by Crippen LogP contribution is 2.44. The third kappa shape index (κ3) is 2.80. The zero-order valence-electron chi connectivity index (χ0n) is 18.6. The molecule has 2 aromatic carbocycles. The Balaban J connectivity index is 1.84. The molecule has 0 aliphatic carbocycles. The second-order valence-corrected chi connectivity index (χ2v) is 10.6. The number of aryl methyl sites for hydroxylation is 1. The lowest BCUT2D eigenvalue weighted by Crippen LogP contribution is -2.37. The van der Waals surface area contributed by atoms with Crippen LogP contribution in [-0.4, -0.2) is 33.4 Å². The number of hydrogen-bond acceptors (Lipinski definition) is 5. The lowest BCUT2D eigenvalue weighted by atomic mass is 9.92.